The molecule has 0 radical (unpaired) electrons. The SMILES string of the molecule is CC(S)c1ccc(C(F)I)cc1. The van der Waals surface area contributed by atoms with Crippen LogP contribution in [0.4, 0.5) is 4.39 Å². The molecule has 0 saturated heterocycles. The van der Waals surface area contributed by atoms with Crippen LogP contribution in [0.1, 0.15) is 27.5 Å². The van der Waals surface area contributed by atoms with Crippen LogP contribution >= 0.6 is 35.2 Å². The molecule has 1 aromatic carbocycles. The highest BCUT2D eigenvalue weighted by Gasteiger charge is 2.04. The first-order chi connectivity index (χ1) is 5.61. The molecule has 0 fully saturated rings. The van der Waals surface area contributed by atoms with Crippen LogP contribution in [0.15, 0.2) is 24.3 Å². The van der Waals surface area contributed by atoms with Crippen molar-refractivity contribution in [3.05, 3.63) is 35.4 Å². The lowest BCUT2D eigenvalue weighted by molar-refractivity contribution is 0.490. The Hall–Kier alpha value is 0.230. The zero-order valence-electron chi connectivity index (χ0n) is 6.67. The first kappa shape index (κ1) is 10.3. The zero-order valence-corrected chi connectivity index (χ0v) is 9.72. The standard InChI is InChI=1S/C9H10FIS/c1-6(12)7-2-4-8(5-3-7)9(10)11/h2-6,9,12H,1H3. The summed E-state index contributed by atoms with van der Waals surface area (Å²) in [5.74, 6) is 0. The first-order valence-corrected chi connectivity index (χ1v) is 5.43. The Morgan fingerprint density at radius 3 is 2.00 bits per heavy atom. The molecule has 0 heterocycles. The van der Waals surface area contributed by atoms with E-state index in [1.54, 1.807) is 34.7 Å². The van der Waals surface area contributed by atoms with Crippen molar-refractivity contribution < 1.29 is 4.39 Å². The fourth-order valence-electron chi connectivity index (χ4n) is 0.920. The van der Waals surface area contributed by atoms with Crippen LogP contribution in [0.2, 0.25) is 0 Å². The van der Waals surface area contributed by atoms with Gasteiger partial charge in [0, 0.05) is 5.25 Å². The maximum atomic E-state index is 12.7. The van der Waals surface area contributed by atoms with Crippen molar-refractivity contribution in [1.29, 1.82) is 0 Å². The van der Waals surface area contributed by atoms with Gasteiger partial charge in [0.05, 0.1) is 0 Å². The van der Waals surface area contributed by atoms with E-state index in [0.29, 0.717) is 5.56 Å². The third-order valence-corrected chi connectivity index (χ3v) is 2.69. The fraction of sp³-hybridized carbons (Fsp3) is 0.333. The van der Waals surface area contributed by atoms with Crippen molar-refractivity contribution >= 4 is 35.2 Å². The Bertz CT molecular complexity index is 216. The largest absolute Gasteiger partial charge is 0.231 e. The summed E-state index contributed by atoms with van der Waals surface area (Å²) in [6, 6.07) is 7.44. The minimum atomic E-state index is -0.910. The van der Waals surface area contributed by atoms with Crippen LogP contribution in [-0.4, -0.2) is 0 Å². The van der Waals surface area contributed by atoms with Gasteiger partial charge in [-0.25, -0.2) is 4.39 Å². The third kappa shape index (κ3) is 2.62. The molecule has 2 unspecified atom stereocenters. The molecule has 1 rings (SSSR count). The summed E-state index contributed by atoms with van der Waals surface area (Å²) >= 11 is 6.03. The lowest BCUT2D eigenvalue weighted by Crippen LogP contribution is -1.86. The monoisotopic (exact) mass is 296 g/mol. The highest BCUT2D eigenvalue weighted by atomic mass is 127. The average molecular weight is 296 g/mol. The molecule has 0 aromatic heterocycles. The first-order valence-electron chi connectivity index (χ1n) is 3.67. The predicted molar refractivity (Wildman–Crippen MR) is 61.7 cm³/mol. The van der Waals surface area contributed by atoms with Crippen LogP contribution in [0.25, 0.3) is 0 Å². The summed E-state index contributed by atoms with van der Waals surface area (Å²) in [4.78, 5) is 0. The number of hydrogen-bond donors (Lipinski definition) is 1. The molecule has 0 N–H and O–H groups in total. The minimum Gasteiger partial charge on any atom is -0.231 e. The summed E-state index contributed by atoms with van der Waals surface area (Å²) < 4.78 is 11.8. The summed E-state index contributed by atoms with van der Waals surface area (Å²) in [5, 5.41) is 0.214. The molecule has 0 amide bonds. The van der Waals surface area contributed by atoms with Gasteiger partial charge in [-0.1, -0.05) is 24.3 Å². The second-order valence-corrected chi connectivity index (χ2v) is 4.51. The molecule has 1 aromatic rings. The predicted octanol–water partition coefficient (Wildman–Crippen LogP) is 4.08. The maximum absolute atomic E-state index is 12.7. The Morgan fingerprint density at radius 2 is 1.67 bits per heavy atom. The van der Waals surface area contributed by atoms with Crippen LogP contribution in [0.5, 0.6) is 0 Å². The Morgan fingerprint density at radius 1 is 1.25 bits per heavy atom. The smallest absolute Gasteiger partial charge is 0.176 e. The van der Waals surface area contributed by atoms with Gasteiger partial charge in [-0.15, -0.1) is 0 Å². The molecule has 0 spiro atoms. The second kappa shape index (κ2) is 4.46. The third-order valence-electron chi connectivity index (χ3n) is 1.67. The van der Waals surface area contributed by atoms with Crippen molar-refractivity contribution in [2.24, 2.45) is 0 Å². The van der Waals surface area contributed by atoms with Gasteiger partial charge in [0.2, 0.25) is 0 Å². The van der Waals surface area contributed by atoms with Crippen LogP contribution < -0.4 is 0 Å². The van der Waals surface area contributed by atoms with E-state index in [1.165, 1.54) is 0 Å². The van der Waals surface area contributed by atoms with E-state index < -0.39 is 4.18 Å². The van der Waals surface area contributed by atoms with E-state index in [4.69, 9.17) is 0 Å². The number of thiol groups is 1. The molecule has 12 heavy (non-hydrogen) atoms. The van der Waals surface area contributed by atoms with E-state index >= 15 is 0 Å². The molecule has 0 aliphatic carbocycles. The lowest BCUT2D eigenvalue weighted by atomic mass is 10.1. The number of rotatable bonds is 2. The maximum Gasteiger partial charge on any atom is 0.176 e. The number of halogens is 2. The molecule has 2 atom stereocenters. The van der Waals surface area contributed by atoms with Gasteiger partial charge in [-0.3, -0.25) is 0 Å². The number of hydrogen-bond acceptors (Lipinski definition) is 1. The Balaban J connectivity index is 2.86. The van der Waals surface area contributed by atoms with Crippen LogP contribution in [0, 0.1) is 0 Å². The molecule has 0 aliphatic rings. The van der Waals surface area contributed by atoms with Crippen LogP contribution in [-0.2, 0) is 0 Å². The zero-order chi connectivity index (χ0) is 9.14. The summed E-state index contributed by atoms with van der Waals surface area (Å²) in [5.41, 5.74) is 1.84. The molecule has 0 saturated carbocycles. The van der Waals surface area contributed by atoms with Gasteiger partial charge in [0.15, 0.2) is 4.18 Å². The van der Waals surface area contributed by atoms with Crippen LogP contribution in [0.3, 0.4) is 0 Å². The van der Waals surface area contributed by atoms with Gasteiger partial charge < -0.3 is 0 Å². The molecule has 0 bridgehead atoms. The van der Waals surface area contributed by atoms with E-state index in [0.717, 1.165) is 5.56 Å². The van der Waals surface area contributed by atoms with Crippen molar-refractivity contribution in [3.8, 4) is 0 Å². The second-order valence-electron chi connectivity index (χ2n) is 2.64. The van der Waals surface area contributed by atoms with E-state index in [9.17, 15) is 4.39 Å². The van der Waals surface area contributed by atoms with E-state index in [-0.39, 0.29) is 5.25 Å². The highest BCUT2D eigenvalue weighted by Crippen LogP contribution is 2.26. The quantitative estimate of drug-likeness (QED) is 0.474. The van der Waals surface area contributed by atoms with Gasteiger partial charge in [0.1, 0.15) is 0 Å². The fourth-order valence-corrected chi connectivity index (χ4v) is 1.51. The van der Waals surface area contributed by atoms with E-state index in [2.05, 4.69) is 12.6 Å². The number of alkyl halides is 2. The van der Waals surface area contributed by atoms with Gasteiger partial charge in [-0.2, -0.15) is 12.6 Å². The lowest BCUT2D eigenvalue weighted by Gasteiger charge is -2.05. The molecular weight excluding hydrogens is 286 g/mol. The minimum absolute atomic E-state index is 0.214. The van der Waals surface area contributed by atoms with Gasteiger partial charge in [0.25, 0.3) is 0 Å². The number of benzene rings is 1. The van der Waals surface area contributed by atoms with Crippen molar-refractivity contribution in [2.75, 3.05) is 0 Å². The molecule has 66 valence electrons. The van der Waals surface area contributed by atoms with E-state index in [1.807, 2.05) is 19.1 Å². The van der Waals surface area contributed by atoms with Crippen molar-refractivity contribution in [2.45, 2.75) is 16.4 Å². The van der Waals surface area contributed by atoms with Crippen molar-refractivity contribution in [3.63, 3.8) is 0 Å². The molecule has 0 aliphatic heterocycles. The van der Waals surface area contributed by atoms with Gasteiger partial charge >= 0.3 is 0 Å². The topological polar surface area (TPSA) is 0 Å². The van der Waals surface area contributed by atoms with Gasteiger partial charge in [-0.05, 0) is 40.6 Å². The summed E-state index contributed by atoms with van der Waals surface area (Å²) in [6.45, 7) is 2.00. The summed E-state index contributed by atoms with van der Waals surface area (Å²) in [7, 11) is 0. The van der Waals surface area contributed by atoms with Crippen molar-refractivity contribution in [1.82, 2.24) is 0 Å². The molecular formula is C9H10FIS. The normalized spacial score (nSPS) is 15.7. The Labute approximate surface area is 91.1 Å². The average Bonchev–Trinajstić information content (AvgIpc) is 2.04. The summed E-state index contributed by atoms with van der Waals surface area (Å²) in [6.07, 6.45) is 0. The molecule has 0 nitrogen and oxygen atoms in total. The molecule has 3 heteroatoms. The Kier molecular flexibility index (Phi) is 3.83. The highest BCUT2D eigenvalue weighted by molar-refractivity contribution is 14.1.